The number of benzene rings is 1. The van der Waals surface area contributed by atoms with Crippen LogP contribution in [-0.4, -0.2) is 43.5 Å². The fraction of sp³-hybridized carbons (Fsp3) is 0.381. The van der Waals surface area contributed by atoms with Gasteiger partial charge in [-0.05, 0) is 70.0 Å². The minimum Gasteiger partial charge on any atom is -0.449 e. The lowest BCUT2D eigenvalue weighted by Gasteiger charge is -2.14. The van der Waals surface area contributed by atoms with Gasteiger partial charge in [-0.1, -0.05) is 0 Å². The predicted molar refractivity (Wildman–Crippen MR) is 116 cm³/mol. The van der Waals surface area contributed by atoms with Gasteiger partial charge in [0.2, 0.25) is 10.0 Å². The summed E-state index contributed by atoms with van der Waals surface area (Å²) in [6, 6.07) is 9.22. The summed E-state index contributed by atoms with van der Waals surface area (Å²) in [5, 5.41) is 5.82. The molecule has 1 amide bonds. The van der Waals surface area contributed by atoms with Crippen molar-refractivity contribution < 1.29 is 22.7 Å². The summed E-state index contributed by atoms with van der Waals surface area (Å²) in [6.07, 6.45) is 2.58. The van der Waals surface area contributed by atoms with Crippen molar-refractivity contribution in [3.63, 3.8) is 0 Å². The van der Waals surface area contributed by atoms with Crippen LogP contribution in [0.5, 0.6) is 0 Å². The van der Waals surface area contributed by atoms with Crippen LogP contribution in [0.2, 0.25) is 0 Å². The molecule has 2 aromatic rings. The Morgan fingerprint density at radius 1 is 1.06 bits per heavy atom. The molecule has 0 saturated heterocycles. The SMILES string of the molecule is CC(C)NS(=O)(=O)c1ccc(NC(=O)C(C)OC(=O)c2ccc(NC3CC3)nc2)cc1. The third kappa shape index (κ3) is 6.50. The van der Waals surface area contributed by atoms with Crippen LogP contribution >= 0.6 is 0 Å². The molecule has 1 aromatic heterocycles. The van der Waals surface area contributed by atoms with Crippen molar-refractivity contribution in [3.05, 3.63) is 48.2 Å². The normalized spacial score (nSPS) is 14.7. The third-order valence-electron chi connectivity index (χ3n) is 4.40. The Morgan fingerprint density at radius 2 is 1.74 bits per heavy atom. The number of carbonyl (C=O) groups is 2. The Balaban J connectivity index is 1.54. The molecule has 0 spiro atoms. The van der Waals surface area contributed by atoms with E-state index in [1.807, 2.05) is 0 Å². The Labute approximate surface area is 181 Å². The standard InChI is InChI=1S/C21H26N4O5S/c1-13(2)25-31(28,29)18-9-7-17(8-10-18)24-20(26)14(3)30-21(27)15-4-11-19(22-12-15)23-16-5-6-16/h4,7-14,16,25H,5-6H2,1-3H3,(H,22,23)(H,24,26). The lowest BCUT2D eigenvalue weighted by molar-refractivity contribution is -0.123. The summed E-state index contributed by atoms with van der Waals surface area (Å²) in [5.74, 6) is -0.502. The van der Waals surface area contributed by atoms with Gasteiger partial charge in [0.05, 0.1) is 10.5 Å². The van der Waals surface area contributed by atoms with E-state index in [1.165, 1.54) is 37.4 Å². The first kappa shape index (κ1) is 22.7. The molecular formula is C21H26N4O5S. The van der Waals surface area contributed by atoms with Crippen LogP contribution in [0.25, 0.3) is 0 Å². The van der Waals surface area contributed by atoms with Crippen LogP contribution in [0.3, 0.4) is 0 Å². The molecule has 0 radical (unpaired) electrons. The number of sulfonamides is 1. The molecule has 166 valence electrons. The largest absolute Gasteiger partial charge is 0.449 e. The number of amides is 1. The lowest BCUT2D eigenvalue weighted by Crippen LogP contribution is -2.30. The Kier molecular flexibility index (Phi) is 6.91. The van der Waals surface area contributed by atoms with E-state index in [9.17, 15) is 18.0 Å². The molecule has 3 rings (SSSR count). The van der Waals surface area contributed by atoms with Crippen molar-refractivity contribution in [1.82, 2.24) is 9.71 Å². The van der Waals surface area contributed by atoms with Crippen molar-refractivity contribution in [2.45, 2.75) is 56.7 Å². The summed E-state index contributed by atoms with van der Waals surface area (Å²) in [5.41, 5.74) is 0.627. The van der Waals surface area contributed by atoms with E-state index < -0.39 is 28.0 Å². The minimum atomic E-state index is -3.62. The molecule has 1 atom stereocenters. The average Bonchev–Trinajstić information content (AvgIpc) is 3.52. The quantitative estimate of drug-likeness (QED) is 0.505. The van der Waals surface area contributed by atoms with E-state index in [0.29, 0.717) is 17.5 Å². The van der Waals surface area contributed by atoms with Crippen LogP contribution in [0.15, 0.2) is 47.5 Å². The summed E-state index contributed by atoms with van der Waals surface area (Å²) < 4.78 is 32.0. The summed E-state index contributed by atoms with van der Waals surface area (Å²) in [4.78, 5) is 28.9. The second-order valence-corrected chi connectivity index (χ2v) is 9.40. The molecule has 1 heterocycles. The molecule has 1 saturated carbocycles. The summed E-state index contributed by atoms with van der Waals surface area (Å²) in [7, 11) is -3.62. The number of nitrogens with zero attached hydrogens (tertiary/aromatic N) is 1. The maximum atomic E-state index is 12.3. The van der Waals surface area contributed by atoms with Crippen LogP contribution < -0.4 is 15.4 Å². The molecule has 0 aliphatic heterocycles. The second kappa shape index (κ2) is 9.44. The van der Waals surface area contributed by atoms with Crippen molar-refractivity contribution in [2.24, 2.45) is 0 Å². The zero-order valence-corrected chi connectivity index (χ0v) is 18.4. The number of hydrogen-bond donors (Lipinski definition) is 3. The molecule has 0 bridgehead atoms. The summed E-state index contributed by atoms with van der Waals surface area (Å²) in [6.45, 7) is 4.91. The summed E-state index contributed by atoms with van der Waals surface area (Å²) >= 11 is 0. The Bertz CT molecular complexity index is 1030. The van der Waals surface area contributed by atoms with Gasteiger partial charge in [0.1, 0.15) is 5.82 Å². The van der Waals surface area contributed by atoms with Crippen molar-refractivity contribution >= 4 is 33.4 Å². The molecule has 10 heteroatoms. The number of aromatic nitrogens is 1. The first-order valence-corrected chi connectivity index (χ1v) is 11.5. The highest BCUT2D eigenvalue weighted by Gasteiger charge is 2.22. The molecule has 9 nitrogen and oxygen atoms in total. The molecule has 1 aliphatic carbocycles. The highest BCUT2D eigenvalue weighted by atomic mass is 32.2. The number of esters is 1. The van der Waals surface area contributed by atoms with Crippen LogP contribution in [0.1, 0.15) is 44.0 Å². The van der Waals surface area contributed by atoms with Crippen LogP contribution in [0.4, 0.5) is 11.5 Å². The van der Waals surface area contributed by atoms with Gasteiger partial charge in [0, 0.05) is 24.0 Å². The molecule has 1 unspecified atom stereocenters. The highest BCUT2D eigenvalue weighted by Crippen LogP contribution is 2.23. The van der Waals surface area contributed by atoms with Gasteiger partial charge in [0.25, 0.3) is 5.91 Å². The van der Waals surface area contributed by atoms with Crippen molar-refractivity contribution in [3.8, 4) is 0 Å². The minimum absolute atomic E-state index is 0.0887. The van der Waals surface area contributed by atoms with Gasteiger partial charge >= 0.3 is 5.97 Å². The van der Waals surface area contributed by atoms with E-state index in [4.69, 9.17) is 4.74 Å². The van der Waals surface area contributed by atoms with Gasteiger partial charge < -0.3 is 15.4 Å². The number of anilines is 2. The van der Waals surface area contributed by atoms with E-state index in [1.54, 1.807) is 26.0 Å². The third-order valence-corrected chi connectivity index (χ3v) is 6.08. The van der Waals surface area contributed by atoms with E-state index in [2.05, 4.69) is 20.3 Å². The average molecular weight is 447 g/mol. The van der Waals surface area contributed by atoms with E-state index in [0.717, 1.165) is 12.8 Å². The molecule has 1 fully saturated rings. The molecular weight excluding hydrogens is 420 g/mol. The Morgan fingerprint density at radius 3 is 2.29 bits per heavy atom. The smallest absolute Gasteiger partial charge is 0.340 e. The molecule has 31 heavy (non-hydrogen) atoms. The van der Waals surface area contributed by atoms with E-state index in [-0.39, 0.29) is 16.5 Å². The van der Waals surface area contributed by atoms with Crippen LogP contribution in [-0.2, 0) is 19.6 Å². The first-order valence-electron chi connectivity index (χ1n) is 10.0. The van der Waals surface area contributed by atoms with Gasteiger partial charge in [0.15, 0.2) is 6.10 Å². The highest BCUT2D eigenvalue weighted by molar-refractivity contribution is 7.89. The number of nitrogens with one attached hydrogen (secondary N) is 3. The topological polar surface area (TPSA) is 126 Å². The van der Waals surface area contributed by atoms with Crippen molar-refractivity contribution in [1.29, 1.82) is 0 Å². The number of carbonyl (C=O) groups excluding carboxylic acids is 2. The fourth-order valence-electron chi connectivity index (χ4n) is 2.66. The van der Waals surface area contributed by atoms with E-state index >= 15 is 0 Å². The fourth-order valence-corrected chi connectivity index (χ4v) is 3.91. The maximum Gasteiger partial charge on any atom is 0.340 e. The monoisotopic (exact) mass is 446 g/mol. The zero-order chi connectivity index (χ0) is 22.6. The second-order valence-electron chi connectivity index (χ2n) is 7.69. The number of ether oxygens (including phenoxy) is 1. The predicted octanol–water partition coefficient (Wildman–Crippen LogP) is 2.53. The number of pyridine rings is 1. The van der Waals surface area contributed by atoms with Crippen LogP contribution in [0, 0.1) is 0 Å². The molecule has 3 N–H and O–H groups in total. The van der Waals surface area contributed by atoms with Gasteiger partial charge in [-0.3, -0.25) is 4.79 Å². The zero-order valence-electron chi connectivity index (χ0n) is 17.6. The van der Waals surface area contributed by atoms with Crippen molar-refractivity contribution in [2.75, 3.05) is 10.6 Å². The lowest BCUT2D eigenvalue weighted by atomic mass is 10.2. The van der Waals surface area contributed by atoms with Gasteiger partial charge in [-0.15, -0.1) is 0 Å². The maximum absolute atomic E-state index is 12.3. The molecule has 1 aliphatic rings. The number of hydrogen-bond acceptors (Lipinski definition) is 7. The number of rotatable bonds is 9. The molecule has 1 aromatic carbocycles. The van der Waals surface area contributed by atoms with Gasteiger partial charge in [-0.2, -0.15) is 0 Å². The first-order chi connectivity index (χ1) is 14.6. The Hall–Kier alpha value is -2.98. The van der Waals surface area contributed by atoms with Gasteiger partial charge in [-0.25, -0.2) is 22.9 Å².